The predicted molar refractivity (Wildman–Crippen MR) is 65.1 cm³/mol. The fourth-order valence-corrected chi connectivity index (χ4v) is 2.60. The summed E-state index contributed by atoms with van der Waals surface area (Å²) in [7, 11) is 1.29. The second-order valence-electron chi connectivity index (χ2n) is 3.88. The Morgan fingerprint density at radius 2 is 2.00 bits per heavy atom. The van der Waals surface area contributed by atoms with Crippen molar-refractivity contribution in [3.63, 3.8) is 0 Å². The minimum atomic E-state index is -1.41. The zero-order chi connectivity index (χ0) is 12.7. The Labute approximate surface area is 110 Å². The zero-order valence-electron chi connectivity index (χ0n) is 9.50. The molecule has 0 radical (unpaired) electrons. The van der Waals surface area contributed by atoms with Gasteiger partial charge in [0, 0.05) is 5.02 Å². The maximum Gasteiger partial charge on any atom is 0.357 e. The van der Waals surface area contributed by atoms with Gasteiger partial charge in [0.05, 0.1) is 7.11 Å². The Bertz CT molecular complexity index is 446. The van der Waals surface area contributed by atoms with E-state index in [9.17, 15) is 4.79 Å². The highest BCUT2D eigenvalue weighted by Gasteiger charge is 2.75. The molecule has 17 heavy (non-hydrogen) atoms. The Kier molecular flexibility index (Phi) is 3.10. The van der Waals surface area contributed by atoms with Gasteiger partial charge in [-0.25, -0.2) is 4.79 Å². The molecule has 0 amide bonds. The number of rotatable bonds is 3. The summed E-state index contributed by atoms with van der Waals surface area (Å²) < 4.78 is 10.1. The monoisotopic (exact) mass is 274 g/mol. The lowest BCUT2D eigenvalue weighted by Gasteiger charge is -2.12. The Hall–Kier alpha value is -0.770. The van der Waals surface area contributed by atoms with Gasteiger partial charge < -0.3 is 9.47 Å². The molecule has 0 saturated carbocycles. The fourth-order valence-electron chi connectivity index (χ4n) is 2.02. The summed E-state index contributed by atoms with van der Waals surface area (Å²) in [4.78, 5) is 11.6. The van der Waals surface area contributed by atoms with Crippen molar-refractivity contribution < 1.29 is 14.3 Å². The number of halogens is 2. The maximum absolute atomic E-state index is 11.6. The van der Waals surface area contributed by atoms with Crippen LogP contribution in [-0.4, -0.2) is 18.1 Å². The first-order valence-electron chi connectivity index (χ1n) is 5.23. The van der Waals surface area contributed by atoms with Crippen LogP contribution < -0.4 is 0 Å². The van der Waals surface area contributed by atoms with Crippen LogP contribution in [0.25, 0.3) is 0 Å². The number of methoxy groups -OCH3 is 1. The summed E-state index contributed by atoms with van der Waals surface area (Å²) in [6.45, 7) is 1.90. The topological polar surface area (TPSA) is 38.8 Å². The fraction of sp³-hybridized carbons (Fsp3) is 0.417. The van der Waals surface area contributed by atoms with E-state index in [0.717, 1.165) is 5.56 Å². The molecule has 2 atom stereocenters. The van der Waals surface area contributed by atoms with Gasteiger partial charge >= 0.3 is 5.97 Å². The summed E-state index contributed by atoms with van der Waals surface area (Å²) in [5.74, 6) is -0.573. The van der Waals surface area contributed by atoms with Gasteiger partial charge in [-0.3, -0.25) is 0 Å². The van der Waals surface area contributed by atoms with Gasteiger partial charge in [-0.05, 0) is 24.1 Å². The highest BCUT2D eigenvalue weighted by molar-refractivity contribution is 6.36. The van der Waals surface area contributed by atoms with Crippen LogP contribution in [0.5, 0.6) is 0 Å². The van der Waals surface area contributed by atoms with E-state index in [0.29, 0.717) is 11.4 Å². The molecule has 0 spiro atoms. The molecular formula is C12H12Cl2O3. The third-order valence-electron chi connectivity index (χ3n) is 3.05. The van der Waals surface area contributed by atoms with Crippen LogP contribution in [0, 0.1) is 0 Å². The first-order valence-corrected chi connectivity index (χ1v) is 5.99. The van der Waals surface area contributed by atoms with E-state index < -0.39 is 16.6 Å². The number of carbonyl (C=O) groups excluding carboxylic acids is 1. The van der Waals surface area contributed by atoms with E-state index in [-0.39, 0.29) is 0 Å². The second kappa shape index (κ2) is 4.16. The van der Waals surface area contributed by atoms with Crippen LogP contribution in [0.3, 0.4) is 0 Å². The number of carbonyl (C=O) groups is 1. The minimum absolute atomic E-state index is 0.573. The second-order valence-corrected chi connectivity index (χ2v) is 4.85. The summed E-state index contributed by atoms with van der Waals surface area (Å²) in [5, 5.41) is -0.788. The molecule has 92 valence electrons. The molecule has 1 aliphatic heterocycles. The van der Waals surface area contributed by atoms with Gasteiger partial charge in [0.1, 0.15) is 0 Å². The van der Waals surface area contributed by atoms with E-state index in [1.165, 1.54) is 7.11 Å². The van der Waals surface area contributed by atoms with Gasteiger partial charge in [0.2, 0.25) is 0 Å². The third kappa shape index (κ3) is 1.73. The molecule has 1 heterocycles. The lowest BCUT2D eigenvalue weighted by molar-refractivity contribution is -0.143. The normalized spacial score (nSPS) is 31.1. The molecule has 0 aromatic heterocycles. The average Bonchev–Trinajstić information content (AvgIpc) is 2.97. The smallest absolute Gasteiger partial charge is 0.357 e. The van der Waals surface area contributed by atoms with Crippen molar-refractivity contribution in [1.82, 2.24) is 0 Å². The lowest BCUT2D eigenvalue weighted by atomic mass is 9.92. The summed E-state index contributed by atoms with van der Waals surface area (Å²) in [6, 6.07) is 7.09. The van der Waals surface area contributed by atoms with E-state index in [4.69, 9.17) is 27.9 Å². The van der Waals surface area contributed by atoms with Crippen molar-refractivity contribution in [2.75, 3.05) is 7.11 Å². The average molecular weight is 275 g/mol. The number of ether oxygens (including phenoxy) is 2. The summed E-state index contributed by atoms with van der Waals surface area (Å²) >= 11 is 12.0. The molecule has 0 aliphatic carbocycles. The van der Waals surface area contributed by atoms with Crippen molar-refractivity contribution in [2.45, 2.75) is 24.0 Å². The maximum atomic E-state index is 11.6. The van der Waals surface area contributed by atoms with Gasteiger partial charge in [-0.2, -0.15) is 0 Å². The quantitative estimate of drug-likeness (QED) is 0.483. The van der Waals surface area contributed by atoms with Gasteiger partial charge in [0.25, 0.3) is 5.06 Å². The molecule has 5 heteroatoms. The predicted octanol–water partition coefficient (Wildman–Crippen LogP) is 3.08. The Morgan fingerprint density at radius 3 is 2.47 bits per heavy atom. The van der Waals surface area contributed by atoms with Crippen LogP contribution in [0.1, 0.15) is 18.9 Å². The molecule has 1 aromatic carbocycles. The molecule has 2 unspecified atom stereocenters. The molecule has 2 rings (SSSR count). The van der Waals surface area contributed by atoms with Crippen LogP contribution in [0.2, 0.25) is 5.02 Å². The number of benzene rings is 1. The van der Waals surface area contributed by atoms with Crippen molar-refractivity contribution in [2.24, 2.45) is 0 Å². The Morgan fingerprint density at radius 1 is 1.41 bits per heavy atom. The molecule has 1 aliphatic rings. The van der Waals surface area contributed by atoms with Crippen LogP contribution in [0.4, 0.5) is 0 Å². The first-order chi connectivity index (χ1) is 8.00. The first kappa shape index (κ1) is 12.7. The van der Waals surface area contributed by atoms with Crippen LogP contribution in [0.15, 0.2) is 24.3 Å². The van der Waals surface area contributed by atoms with E-state index in [1.54, 1.807) is 24.3 Å². The van der Waals surface area contributed by atoms with Crippen molar-refractivity contribution in [1.29, 1.82) is 0 Å². The van der Waals surface area contributed by atoms with E-state index in [2.05, 4.69) is 4.74 Å². The van der Waals surface area contributed by atoms with Gasteiger partial charge in [-0.1, -0.05) is 42.3 Å². The molecule has 3 nitrogen and oxygen atoms in total. The van der Waals surface area contributed by atoms with E-state index in [1.807, 2.05) is 6.92 Å². The lowest BCUT2D eigenvalue weighted by Crippen LogP contribution is -2.28. The van der Waals surface area contributed by atoms with Crippen LogP contribution >= 0.6 is 23.2 Å². The number of epoxide rings is 1. The number of hydrogen-bond acceptors (Lipinski definition) is 3. The standard InChI is InChI=1S/C12H12Cl2O3/c1-3-11(8-4-6-9(13)7-5-8)12(14,17-11)10(15)16-2/h4-7H,3H2,1-2H3. The zero-order valence-corrected chi connectivity index (χ0v) is 11.0. The summed E-state index contributed by atoms with van der Waals surface area (Å²) in [5.41, 5.74) is 0.0106. The van der Waals surface area contributed by atoms with Crippen molar-refractivity contribution in [3.8, 4) is 0 Å². The van der Waals surface area contributed by atoms with Crippen molar-refractivity contribution in [3.05, 3.63) is 34.9 Å². The molecule has 1 fully saturated rings. The van der Waals surface area contributed by atoms with E-state index >= 15 is 0 Å². The van der Waals surface area contributed by atoms with Crippen molar-refractivity contribution >= 4 is 29.2 Å². The van der Waals surface area contributed by atoms with Crippen LogP contribution in [-0.2, 0) is 19.9 Å². The molecule has 0 N–H and O–H groups in total. The molecular weight excluding hydrogens is 263 g/mol. The molecule has 0 bridgehead atoms. The summed E-state index contributed by atoms with van der Waals surface area (Å²) in [6.07, 6.45) is 0.577. The highest BCUT2D eigenvalue weighted by atomic mass is 35.5. The number of hydrogen-bond donors (Lipinski definition) is 0. The molecule has 1 saturated heterocycles. The van der Waals surface area contributed by atoms with Gasteiger partial charge in [-0.15, -0.1) is 0 Å². The number of esters is 1. The Balaban J connectivity index is 2.36. The van der Waals surface area contributed by atoms with Gasteiger partial charge in [0.15, 0.2) is 5.60 Å². The number of alkyl halides is 1. The minimum Gasteiger partial charge on any atom is -0.466 e. The highest BCUT2D eigenvalue weighted by Crippen LogP contribution is 2.61. The largest absolute Gasteiger partial charge is 0.466 e. The molecule has 1 aromatic rings. The third-order valence-corrected chi connectivity index (χ3v) is 3.84. The SMILES string of the molecule is CCC1(c2ccc(Cl)cc2)OC1(Cl)C(=O)OC.